The Morgan fingerprint density at radius 2 is 1.43 bits per heavy atom. The summed E-state index contributed by atoms with van der Waals surface area (Å²) in [5.41, 5.74) is 2.24. The van der Waals surface area contributed by atoms with Crippen molar-refractivity contribution < 1.29 is 14.7 Å². The molecule has 4 heteroatoms. The molecule has 1 amide bonds. The first kappa shape index (κ1) is 18.5. The van der Waals surface area contributed by atoms with Crippen molar-refractivity contribution in [1.29, 1.82) is 0 Å². The number of benzene rings is 2. The lowest BCUT2D eigenvalue weighted by atomic mass is 9.82. The van der Waals surface area contributed by atoms with Crippen molar-refractivity contribution in [2.45, 2.75) is 19.4 Å². The van der Waals surface area contributed by atoms with Crippen LogP contribution in [0.25, 0.3) is 0 Å². The van der Waals surface area contributed by atoms with Gasteiger partial charge in [-0.2, -0.15) is 0 Å². The van der Waals surface area contributed by atoms with Crippen LogP contribution in [0.3, 0.4) is 0 Å². The number of aliphatic carboxylic acids is 1. The lowest BCUT2D eigenvalue weighted by molar-refractivity contribution is -0.151. The number of carbonyl (C=O) groups excluding carboxylic acids is 1. The smallest absolute Gasteiger partial charge is 0.307 e. The van der Waals surface area contributed by atoms with Crippen LogP contribution in [0.15, 0.2) is 72.8 Å². The summed E-state index contributed by atoms with van der Waals surface area (Å²) in [7, 11) is 0. The van der Waals surface area contributed by atoms with Gasteiger partial charge in [0.15, 0.2) is 0 Å². The quantitative estimate of drug-likeness (QED) is 0.749. The van der Waals surface area contributed by atoms with Crippen molar-refractivity contribution in [3.63, 3.8) is 0 Å². The highest BCUT2D eigenvalue weighted by atomic mass is 16.4. The highest BCUT2D eigenvalue weighted by Crippen LogP contribution is 2.48. The van der Waals surface area contributed by atoms with Crippen LogP contribution in [0.2, 0.25) is 0 Å². The molecule has 2 aromatic carbocycles. The number of carboxylic acid groups (broad SMARTS) is 1. The topological polar surface area (TPSA) is 57.6 Å². The van der Waals surface area contributed by atoms with Gasteiger partial charge in [-0.25, -0.2) is 0 Å². The normalized spacial score (nSPS) is 25.0. The zero-order chi connectivity index (χ0) is 19.5. The fourth-order valence-electron chi connectivity index (χ4n) is 4.69. The number of nitrogens with zero attached hydrogens (tertiary/aromatic N) is 1. The molecule has 2 aliphatic carbocycles. The molecular weight excluding hydrogens is 350 g/mol. The van der Waals surface area contributed by atoms with E-state index in [-0.39, 0.29) is 17.7 Å². The Hall–Kier alpha value is -2.88. The number of hydrogen-bond donors (Lipinski definition) is 1. The van der Waals surface area contributed by atoms with Crippen molar-refractivity contribution in [2.75, 3.05) is 6.54 Å². The molecule has 1 fully saturated rings. The van der Waals surface area contributed by atoms with Gasteiger partial charge in [0.05, 0.1) is 11.8 Å². The highest BCUT2D eigenvalue weighted by molar-refractivity contribution is 5.87. The van der Waals surface area contributed by atoms with Crippen molar-refractivity contribution in [3.8, 4) is 0 Å². The van der Waals surface area contributed by atoms with Gasteiger partial charge in [0.1, 0.15) is 0 Å². The number of amides is 1. The molecule has 144 valence electrons. The summed E-state index contributed by atoms with van der Waals surface area (Å²) in [6, 6.07) is 20.0. The molecule has 1 saturated carbocycles. The average molecular weight is 375 g/mol. The second-order valence-electron chi connectivity index (χ2n) is 7.82. The maximum atomic E-state index is 13.5. The summed E-state index contributed by atoms with van der Waals surface area (Å²) < 4.78 is 0. The first-order valence-electron chi connectivity index (χ1n) is 9.91. The van der Waals surface area contributed by atoms with E-state index < -0.39 is 17.8 Å². The SMILES string of the molecule is O=C(O)[C@H]1[C@H](C(=O)N(CCc2ccccc2)Cc2ccccc2)[C@H]2C=C[C@@H]1C2. The number of allylic oxidation sites excluding steroid dienone is 2. The molecule has 2 aromatic rings. The van der Waals surface area contributed by atoms with Gasteiger partial charge >= 0.3 is 5.97 Å². The van der Waals surface area contributed by atoms with E-state index in [1.807, 2.05) is 65.6 Å². The second kappa shape index (κ2) is 8.01. The van der Waals surface area contributed by atoms with Gasteiger partial charge in [0, 0.05) is 13.1 Å². The van der Waals surface area contributed by atoms with Crippen LogP contribution in [0.1, 0.15) is 17.5 Å². The van der Waals surface area contributed by atoms with E-state index in [9.17, 15) is 14.7 Å². The third kappa shape index (κ3) is 3.72. The number of carboxylic acids is 1. The molecule has 0 aromatic heterocycles. The maximum Gasteiger partial charge on any atom is 0.307 e. The average Bonchev–Trinajstić information content (AvgIpc) is 3.34. The van der Waals surface area contributed by atoms with Crippen molar-refractivity contribution in [2.24, 2.45) is 23.7 Å². The number of hydrogen-bond acceptors (Lipinski definition) is 2. The third-order valence-electron chi connectivity index (χ3n) is 6.07. The van der Waals surface area contributed by atoms with Crippen LogP contribution in [0.5, 0.6) is 0 Å². The Balaban J connectivity index is 1.56. The largest absolute Gasteiger partial charge is 0.481 e. The molecule has 4 atom stereocenters. The molecule has 0 radical (unpaired) electrons. The molecule has 0 heterocycles. The summed E-state index contributed by atoms with van der Waals surface area (Å²) in [6.07, 6.45) is 5.57. The van der Waals surface area contributed by atoms with Gasteiger partial charge in [-0.05, 0) is 35.8 Å². The van der Waals surface area contributed by atoms with Crippen LogP contribution in [0.4, 0.5) is 0 Å². The first-order valence-corrected chi connectivity index (χ1v) is 9.91. The lowest BCUT2D eigenvalue weighted by Gasteiger charge is -2.31. The highest BCUT2D eigenvalue weighted by Gasteiger charge is 2.52. The van der Waals surface area contributed by atoms with Crippen LogP contribution >= 0.6 is 0 Å². The Labute approximate surface area is 165 Å². The van der Waals surface area contributed by atoms with E-state index in [1.165, 1.54) is 5.56 Å². The van der Waals surface area contributed by atoms with Crippen LogP contribution in [-0.2, 0) is 22.6 Å². The molecule has 0 unspecified atom stereocenters. The van der Waals surface area contributed by atoms with E-state index in [1.54, 1.807) is 0 Å². The second-order valence-corrected chi connectivity index (χ2v) is 7.82. The maximum absolute atomic E-state index is 13.5. The minimum atomic E-state index is -0.849. The van der Waals surface area contributed by atoms with E-state index in [0.29, 0.717) is 13.1 Å². The lowest BCUT2D eigenvalue weighted by Crippen LogP contribution is -2.43. The van der Waals surface area contributed by atoms with Gasteiger partial charge in [-0.15, -0.1) is 0 Å². The predicted octanol–water partition coefficient (Wildman–Crippen LogP) is 3.78. The Bertz CT molecular complexity index is 862. The third-order valence-corrected chi connectivity index (χ3v) is 6.07. The number of rotatable bonds is 7. The molecule has 4 nitrogen and oxygen atoms in total. The van der Waals surface area contributed by atoms with Gasteiger partial charge in [0.2, 0.25) is 5.91 Å². The Kier molecular flexibility index (Phi) is 5.29. The molecular formula is C24H25NO3. The molecule has 4 rings (SSSR count). The number of fused-ring (bicyclic) bond motifs is 2. The number of carbonyl (C=O) groups is 2. The van der Waals surface area contributed by atoms with E-state index >= 15 is 0 Å². The molecule has 0 aliphatic heterocycles. The van der Waals surface area contributed by atoms with Gasteiger partial charge in [-0.3, -0.25) is 9.59 Å². The minimum absolute atomic E-state index is 0.0100. The molecule has 1 N–H and O–H groups in total. The fraction of sp³-hybridized carbons (Fsp3) is 0.333. The molecule has 2 bridgehead atoms. The van der Waals surface area contributed by atoms with Crippen LogP contribution < -0.4 is 0 Å². The summed E-state index contributed by atoms with van der Waals surface area (Å²) >= 11 is 0. The first-order chi connectivity index (χ1) is 13.6. The van der Waals surface area contributed by atoms with Gasteiger partial charge < -0.3 is 10.0 Å². The zero-order valence-corrected chi connectivity index (χ0v) is 15.8. The van der Waals surface area contributed by atoms with Crippen molar-refractivity contribution >= 4 is 11.9 Å². The summed E-state index contributed by atoms with van der Waals surface area (Å²) in [4.78, 5) is 27.2. The van der Waals surface area contributed by atoms with Gasteiger partial charge in [0.25, 0.3) is 0 Å². The molecule has 28 heavy (non-hydrogen) atoms. The standard InChI is InChI=1S/C24H25NO3/c26-23(21-19-11-12-20(15-19)22(21)24(27)28)25(16-18-9-5-2-6-10-18)14-13-17-7-3-1-4-8-17/h1-12,19-22H,13-16H2,(H,27,28)/t19-,20+,21+,22+/m0/s1. The Morgan fingerprint density at radius 3 is 2.04 bits per heavy atom. The summed E-state index contributed by atoms with van der Waals surface area (Å²) in [6.45, 7) is 1.10. The van der Waals surface area contributed by atoms with Gasteiger partial charge in [-0.1, -0.05) is 72.8 Å². The van der Waals surface area contributed by atoms with E-state index in [0.717, 1.165) is 18.4 Å². The molecule has 0 saturated heterocycles. The molecule has 2 aliphatic rings. The zero-order valence-electron chi connectivity index (χ0n) is 15.8. The van der Waals surface area contributed by atoms with Crippen molar-refractivity contribution in [3.05, 3.63) is 83.9 Å². The summed E-state index contributed by atoms with van der Waals surface area (Å²) in [5.74, 6) is -1.89. The van der Waals surface area contributed by atoms with Crippen LogP contribution in [-0.4, -0.2) is 28.4 Å². The fourth-order valence-corrected chi connectivity index (χ4v) is 4.69. The summed E-state index contributed by atoms with van der Waals surface area (Å²) in [5, 5.41) is 9.73. The predicted molar refractivity (Wildman–Crippen MR) is 107 cm³/mol. The van der Waals surface area contributed by atoms with Crippen LogP contribution in [0, 0.1) is 23.7 Å². The van der Waals surface area contributed by atoms with E-state index in [2.05, 4.69) is 12.1 Å². The monoisotopic (exact) mass is 375 g/mol. The molecule has 0 spiro atoms. The Morgan fingerprint density at radius 1 is 0.857 bits per heavy atom. The minimum Gasteiger partial charge on any atom is -0.481 e. The van der Waals surface area contributed by atoms with E-state index in [4.69, 9.17) is 0 Å². The van der Waals surface area contributed by atoms with Crippen molar-refractivity contribution in [1.82, 2.24) is 4.90 Å².